The Hall–Kier alpha value is -0.680. The van der Waals surface area contributed by atoms with Gasteiger partial charge in [-0.3, -0.25) is 14.5 Å². The van der Waals surface area contributed by atoms with Crippen molar-refractivity contribution in [1.82, 2.24) is 4.90 Å². The third-order valence-electron chi connectivity index (χ3n) is 11.5. The predicted octanol–water partition coefficient (Wildman–Crippen LogP) is 2.68. The molecule has 4 unspecified atom stereocenters. The molecule has 4 atom stereocenters. The van der Waals surface area contributed by atoms with E-state index in [9.17, 15) is 19.8 Å². The molecule has 2 N–H and O–H groups in total. The first kappa shape index (κ1) is 58.6. The van der Waals surface area contributed by atoms with Crippen molar-refractivity contribution in [1.29, 1.82) is 0 Å². The molecule has 0 aliphatic heterocycles. The van der Waals surface area contributed by atoms with Crippen LogP contribution >= 0.6 is 0 Å². The Morgan fingerprint density at radius 3 is 1.13 bits per heavy atom. The molecule has 0 aromatic rings. The number of halogens is 2. The quantitative estimate of drug-likeness (QED) is 0.0566. The molecule has 11 heteroatoms. The summed E-state index contributed by atoms with van der Waals surface area (Å²) < 4.78 is 12.4. The van der Waals surface area contributed by atoms with Gasteiger partial charge in [0.25, 0.3) is 0 Å². The zero-order chi connectivity index (χ0) is 40.0. The number of carbonyl (C=O) groups is 2. The Balaban J connectivity index is -0.0000135. The normalized spacial score (nSPS) is 14.1. The monoisotopic (exact) mass is 828 g/mol. The Morgan fingerprint density at radius 2 is 0.800 bits per heavy atom. The van der Waals surface area contributed by atoms with E-state index >= 15 is 0 Å². The zero-order valence-electron chi connectivity index (χ0n) is 37.4. The molecule has 0 saturated carbocycles. The van der Waals surface area contributed by atoms with E-state index < -0.39 is 12.2 Å². The first-order chi connectivity index (χ1) is 25.2. The third kappa shape index (κ3) is 32.9. The van der Waals surface area contributed by atoms with Gasteiger partial charge in [0, 0.05) is 25.9 Å². The molecule has 0 aliphatic rings. The van der Waals surface area contributed by atoms with Crippen LogP contribution in [0.4, 0.5) is 0 Å². The molecule has 0 fully saturated rings. The Kier molecular flexibility index (Phi) is 38.8. The molecule has 55 heavy (non-hydrogen) atoms. The van der Waals surface area contributed by atoms with Crippen LogP contribution < -0.4 is 24.8 Å². The Labute approximate surface area is 353 Å². The van der Waals surface area contributed by atoms with Crippen molar-refractivity contribution >= 4 is 11.9 Å². The van der Waals surface area contributed by atoms with Gasteiger partial charge in [0.15, 0.2) is 0 Å². The summed E-state index contributed by atoms with van der Waals surface area (Å²) in [4.78, 5) is 27.1. The highest BCUT2D eigenvalue weighted by atomic mass is 35.5. The first-order valence-corrected chi connectivity index (χ1v) is 22.2. The molecule has 0 heterocycles. The third-order valence-corrected chi connectivity index (χ3v) is 11.5. The van der Waals surface area contributed by atoms with Crippen LogP contribution in [0.3, 0.4) is 0 Å². The Morgan fingerprint density at radius 1 is 0.509 bits per heavy atom. The molecule has 0 rings (SSSR count). The molecule has 0 radical (unpaired) electrons. The molecule has 0 aromatic heterocycles. The van der Waals surface area contributed by atoms with E-state index in [2.05, 4.69) is 67.7 Å². The maximum Gasteiger partial charge on any atom is 0.306 e. The van der Waals surface area contributed by atoms with Crippen LogP contribution in [-0.4, -0.2) is 134 Å². The van der Waals surface area contributed by atoms with Crippen molar-refractivity contribution < 1.29 is 63.1 Å². The van der Waals surface area contributed by atoms with Crippen LogP contribution in [-0.2, 0) is 19.1 Å². The molecular formula is C44H91Cl2N3O6. The fourth-order valence-corrected chi connectivity index (χ4v) is 6.96. The van der Waals surface area contributed by atoms with Crippen molar-refractivity contribution in [2.45, 2.75) is 200 Å². The number of rotatable bonds is 37. The minimum Gasteiger partial charge on any atom is -1.00 e. The van der Waals surface area contributed by atoms with Gasteiger partial charge in [-0.1, -0.05) is 130 Å². The van der Waals surface area contributed by atoms with Gasteiger partial charge in [0.1, 0.15) is 50.6 Å². The number of quaternary nitrogens is 2. The van der Waals surface area contributed by atoms with Gasteiger partial charge in [-0.15, -0.1) is 0 Å². The summed E-state index contributed by atoms with van der Waals surface area (Å²) in [7, 11) is 8.36. The number of nitrogens with zero attached hydrogens (tertiary/aromatic N) is 3. The number of likely N-dealkylation sites (N-methyl/N-ethyl adjacent to an activating group) is 2. The van der Waals surface area contributed by atoms with Crippen LogP contribution in [0.25, 0.3) is 0 Å². The second-order valence-corrected chi connectivity index (χ2v) is 17.6. The predicted molar refractivity (Wildman–Crippen MR) is 222 cm³/mol. The zero-order valence-corrected chi connectivity index (χ0v) is 39.0. The Bertz CT molecular complexity index is 836. The van der Waals surface area contributed by atoms with Crippen molar-refractivity contribution in [2.24, 2.45) is 0 Å². The number of esters is 2. The number of ether oxygens (including phenoxy) is 2. The highest BCUT2D eigenvalue weighted by Crippen LogP contribution is 2.16. The number of hydrogen-bond donors (Lipinski definition) is 2. The maximum absolute atomic E-state index is 12.4. The second-order valence-electron chi connectivity index (χ2n) is 17.6. The average molecular weight is 829 g/mol. The lowest BCUT2D eigenvalue weighted by Crippen LogP contribution is -3.00. The molecule has 0 amide bonds. The summed E-state index contributed by atoms with van der Waals surface area (Å²) in [5.74, 6) is -0.246. The molecule has 0 bridgehead atoms. The summed E-state index contributed by atoms with van der Waals surface area (Å²) in [5.41, 5.74) is 0. The first-order valence-electron chi connectivity index (χ1n) is 22.2. The van der Waals surface area contributed by atoms with Crippen molar-refractivity contribution in [3.8, 4) is 0 Å². The summed E-state index contributed by atoms with van der Waals surface area (Å²) >= 11 is 0. The van der Waals surface area contributed by atoms with Crippen LogP contribution in [0.2, 0.25) is 0 Å². The number of unbranched alkanes of at least 4 members (excludes halogenated alkanes) is 17. The average Bonchev–Trinajstić information content (AvgIpc) is 3.09. The topological polar surface area (TPSA) is 96.3 Å². The summed E-state index contributed by atoms with van der Waals surface area (Å²) in [6.45, 7) is 14.4. The lowest BCUT2D eigenvalue weighted by molar-refractivity contribution is -0.916. The maximum atomic E-state index is 12.4. The highest BCUT2D eigenvalue weighted by Gasteiger charge is 2.32. The van der Waals surface area contributed by atoms with Gasteiger partial charge in [-0.25, -0.2) is 0 Å². The molecule has 0 aromatic carbocycles. The van der Waals surface area contributed by atoms with Gasteiger partial charge in [-0.05, 0) is 39.7 Å². The summed E-state index contributed by atoms with van der Waals surface area (Å²) in [5, 5.41) is 22.7. The number of aliphatic hydroxyl groups is 2. The number of hydrogen-bond acceptors (Lipinski definition) is 7. The summed E-state index contributed by atoms with van der Waals surface area (Å²) in [6.07, 6.45) is 23.4. The molecule has 0 aliphatic carbocycles. The lowest BCUT2D eigenvalue weighted by atomic mass is 10.1. The van der Waals surface area contributed by atoms with E-state index in [1.54, 1.807) is 0 Å². The highest BCUT2D eigenvalue weighted by molar-refractivity contribution is 5.69. The van der Waals surface area contributed by atoms with Crippen molar-refractivity contribution in [3.05, 3.63) is 0 Å². The van der Waals surface area contributed by atoms with E-state index in [1.165, 1.54) is 89.9 Å². The minimum absolute atomic E-state index is 0. The molecule has 332 valence electrons. The van der Waals surface area contributed by atoms with E-state index in [-0.39, 0.29) is 48.8 Å². The molecular weight excluding hydrogens is 737 g/mol. The molecule has 0 spiro atoms. The fourth-order valence-electron chi connectivity index (χ4n) is 6.96. The van der Waals surface area contributed by atoms with Crippen LogP contribution in [0, 0.1) is 0 Å². The van der Waals surface area contributed by atoms with Crippen LogP contribution in [0.1, 0.15) is 176 Å². The van der Waals surface area contributed by atoms with Gasteiger partial charge in [0.2, 0.25) is 0 Å². The van der Waals surface area contributed by atoms with Crippen molar-refractivity contribution in [3.63, 3.8) is 0 Å². The molecule has 9 nitrogen and oxygen atoms in total. The number of carbonyl (C=O) groups excluding carboxylic acids is 2. The number of aliphatic hydroxyl groups excluding tert-OH is 2. The van der Waals surface area contributed by atoms with E-state index in [1.807, 2.05) is 0 Å². The molecule has 0 saturated heterocycles. The van der Waals surface area contributed by atoms with Gasteiger partial charge < -0.3 is 53.5 Å². The van der Waals surface area contributed by atoms with Gasteiger partial charge in [-0.2, -0.15) is 0 Å². The largest absolute Gasteiger partial charge is 1.00 e. The van der Waals surface area contributed by atoms with Gasteiger partial charge >= 0.3 is 11.9 Å². The van der Waals surface area contributed by atoms with Crippen molar-refractivity contribution in [2.75, 3.05) is 74.1 Å². The fraction of sp³-hybridized carbons (Fsp3) is 0.955. The minimum atomic E-state index is -0.583. The summed E-state index contributed by atoms with van der Waals surface area (Å²) in [6, 6.07) is 0.0916. The standard InChI is InChI=1S/C44H91N3O6.2ClH/c1-10-13-16-19-22-24-27-30-43(50)52-37-39(4)46(6,7)35-41(48)33-45(32-29-26-21-18-15-12-3)34-42(49)36-47(8,9)40(5)38-53-44(51)31-28-25-23-20-17-14-11-2;;/h39-42,48-49H,10-38H2,1-9H3;2*1H/q+2;;/p-2. The van der Waals surface area contributed by atoms with Gasteiger partial charge in [0.05, 0.1) is 28.2 Å². The smallest absolute Gasteiger partial charge is 0.306 e. The van der Waals surface area contributed by atoms with E-state index in [4.69, 9.17) is 9.47 Å². The van der Waals surface area contributed by atoms with E-state index in [0.717, 1.165) is 45.1 Å². The lowest BCUT2D eigenvalue weighted by Gasteiger charge is -2.39. The van der Waals surface area contributed by atoms with E-state index in [0.29, 0.717) is 61.2 Å². The SMILES string of the molecule is CCCCCCCCCC(=O)OCC(C)[N+](C)(C)CC(O)CN(CCCCCCCC)CC(O)C[N+](C)(C)C(C)COC(=O)CCCCCCCCC.[Cl-].[Cl-]. The van der Waals surface area contributed by atoms with Crippen LogP contribution in [0.15, 0.2) is 0 Å². The van der Waals surface area contributed by atoms with Crippen LogP contribution in [0.5, 0.6) is 0 Å². The second kappa shape index (κ2) is 36.4.